The van der Waals surface area contributed by atoms with Gasteiger partial charge in [0.15, 0.2) is 0 Å². The topological polar surface area (TPSA) is 79.7 Å². The number of carbonyl (C=O) groups is 2. The van der Waals surface area contributed by atoms with E-state index in [1.165, 1.54) is 6.08 Å². The number of hydrogen-bond acceptors (Lipinski definition) is 5. The average Bonchev–Trinajstić information content (AvgIpc) is 3.11. The lowest BCUT2D eigenvalue weighted by molar-refractivity contribution is -0.126. The predicted octanol–water partition coefficient (Wildman–Crippen LogP) is 4.81. The Kier molecular flexibility index (Phi) is 7.79. The van der Waals surface area contributed by atoms with Gasteiger partial charge in [0.05, 0.1) is 11.6 Å². The molecule has 0 saturated carbocycles. The van der Waals surface area contributed by atoms with Gasteiger partial charge in [0, 0.05) is 31.7 Å². The van der Waals surface area contributed by atoms with Gasteiger partial charge >= 0.3 is 0 Å². The molecule has 200 valence electrons. The predicted molar refractivity (Wildman–Crippen MR) is 150 cm³/mol. The molecule has 1 aromatic heterocycles. The molecule has 2 aromatic carbocycles. The Morgan fingerprint density at radius 3 is 2.63 bits per heavy atom. The van der Waals surface area contributed by atoms with E-state index < -0.39 is 0 Å². The van der Waals surface area contributed by atoms with E-state index in [1.807, 2.05) is 48.2 Å². The van der Waals surface area contributed by atoms with Crippen LogP contribution in [0.3, 0.4) is 0 Å². The molecule has 2 aliphatic heterocycles. The molecule has 1 N–H and O–H groups in total. The zero-order valence-corrected chi connectivity index (χ0v) is 22.4. The first-order valence-corrected chi connectivity index (χ1v) is 13.6. The molecule has 2 saturated heterocycles. The number of nitrogens with one attached hydrogen (secondary N) is 1. The van der Waals surface area contributed by atoms with Gasteiger partial charge in [-0.1, -0.05) is 30.3 Å². The highest BCUT2D eigenvalue weighted by atomic mass is 16.5. The summed E-state index contributed by atoms with van der Waals surface area (Å²) in [5, 5.41) is 3.08. The zero-order chi connectivity index (χ0) is 26.6. The SMILES string of the molecule is C=CC(=O)N1CCCC[C@@H](n2c(NC(=O)c3cccc(C)c3)nc3cccc(OC4CCN(C)CC4)c32)C1. The maximum absolute atomic E-state index is 13.3. The molecular weight excluding hydrogens is 478 g/mol. The average molecular weight is 516 g/mol. The van der Waals surface area contributed by atoms with E-state index in [-0.39, 0.29) is 24.0 Å². The summed E-state index contributed by atoms with van der Waals surface area (Å²) in [6.07, 6.45) is 6.18. The van der Waals surface area contributed by atoms with Gasteiger partial charge < -0.3 is 19.1 Å². The number of anilines is 1. The van der Waals surface area contributed by atoms with Gasteiger partial charge in [0.2, 0.25) is 11.9 Å². The Morgan fingerprint density at radius 1 is 1.08 bits per heavy atom. The number of amides is 2. The first-order valence-electron chi connectivity index (χ1n) is 13.6. The summed E-state index contributed by atoms with van der Waals surface area (Å²) in [6.45, 7) is 8.87. The summed E-state index contributed by atoms with van der Waals surface area (Å²) in [5.74, 6) is 0.959. The highest BCUT2D eigenvalue weighted by molar-refractivity contribution is 6.04. The van der Waals surface area contributed by atoms with Crippen LogP contribution in [0, 0.1) is 6.92 Å². The van der Waals surface area contributed by atoms with Crippen LogP contribution >= 0.6 is 0 Å². The van der Waals surface area contributed by atoms with Crippen LogP contribution in [0.25, 0.3) is 11.0 Å². The van der Waals surface area contributed by atoms with Crippen LogP contribution in [0.2, 0.25) is 0 Å². The monoisotopic (exact) mass is 515 g/mol. The van der Waals surface area contributed by atoms with Gasteiger partial charge in [-0.25, -0.2) is 4.98 Å². The van der Waals surface area contributed by atoms with Gasteiger partial charge in [-0.05, 0) is 76.4 Å². The minimum absolute atomic E-state index is 0.0681. The number of rotatable bonds is 6. The van der Waals surface area contributed by atoms with Crippen molar-refractivity contribution in [3.8, 4) is 5.75 Å². The second-order valence-corrected chi connectivity index (χ2v) is 10.5. The van der Waals surface area contributed by atoms with Gasteiger partial charge in [0.25, 0.3) is 5.91 Å². The minimum Gasteiger partial charge on any atom is -0.488 e. The molecule has 0 spiro atoms. The number of nitrogens with zero attached hydrogens (tertiary/aromatic N) is 4. The fraction of sp³-hybridized carbons (Fsp3) is 0.433. The molecule has 2 aliphatic rings. The Morgan fingerprint density at radius 2 is 1.87 bits per heavy atom. The van der Waals surface area contributed by atoms with Crippen LogP contribution in [0.4, 0.5) is 5.95 Å². The van der Waals surface area contributed by atoms with Crippen LogP contribution in [-0.4, -0.2) is 70.5 Å². The quantitative estimate of drug-likeness (QED) is 0.477. The van der Waals surface area contributed by atoms with E-state index in [4.69, 9.17) is 9.72 Å². The largest absolute Gasteiger partial charge is 0.488 e. The maximum atomic E-state index is 13.3. The van der Waals surface area contributed by atoms with Crippen molar-refractivity contribution in [2.24, 2.45) is 0 Å². The summed E-state index contributed by atoms with van der Waals surface area (Å²) in [7, 11) is 2.14. The number of piperidine rings is 1. The third-order valence-electron chi connectivity index (χ3n) is 7.64. The highest BCUT2D eigenvalue weighted by Crippen LogP contribution is 2.36. The number of likely N-dealkylation sites (tertiary alicyclic amines) is 2. The van der Waals surface area contributed by atoms with Crippen molar-refractivity contribution in [1.82, 2.24) is 19.4 Å². The van der Waals surface area contributed by atoms with E-state index in [1.54, 1.807) is 6.07 Å². The number of aromatic nitrogens is 2. The summed E-state index contributed by atoms with van der Waals surface area (Å²) < 4.78 is 8.70. The van der Waals surface area contributed by atoms with Crippen LogP contribution < -0.4 is 10.1 Å². The number of imidazole rings is 1. The smallest absolute Gasteiger partial charge is 0.257 e. The lowest BCUT2D eigenvalue weighted by atomic mass is 10.1. The lowest BCUT2D eigenvalue weighted by Crippen LogP contribution is -2.36. The third-order valence-corrected chi connectivity index (χ3v) is 7.64. The molecule has 2 amide bonds. The molecule has 0 bridgehead atoms. The van der Waals surface area contributed by atoms with E-state index >= 15 is 0 Å². The molecular formula is C30H37N5O3. The molecule has 8 heteroatoms. The van der Waals surface area contributed by atoms with Crippen molar-refractivity contribution in [3.05, 3.63) is 66.2 Å². The number of benzene rings is 2. The number of hydrogen-bond donors (Lipinski definition) is 1. The molecule has 5 rings (SSSR count). The third kappa shape index (κ3) is 5.60. The number of aryl methyl sites for hydroxylation is 1. The molecule has 3 aromatic rings. The highest BCUT2D eigenvalue weighted by Gasteiger charge is 2.29. The van der Waals surface area contributed by atoms with E-state index in [9.17, 15) is 9.59 Å². The molecule has 0 aliphatic carbocycles. The first kappa shape index (κ1) is 26.0. The fourth-order valence-corrected chi connectivity index (χ4v) is 5.56. The molecule has 0 unspecified atom stereocenters. The fourth-order valence-electron chi connectivity index (χ4n) is 5.56. The molecule has 0 radical (unpaired) electrons. The number of carbonyl (C=O) groups excluding carboxylic acids is 2. The van der Waals surface area contributed by atoms with Gasteiger partial charge in [-0.15, -0.1) is 0 Å². The molecule has 2 fully saturated rings. The lowest BCUT2D eigenvalue weighted by Gasteiger charge is -2.30. The van der Waals surface area contributed by atoms with E-state index in [0.717, 1.165) is 67.5 Å². The molecule has 38 heavy (non-hydrogen) atoms. The van der Waals surface area contributed by atoms with Crippen molar-refractivity contribution in [3.63, 3.8) is 0 Å². The Hall–Kier alpha value is -3.65. The standard InChI is InChI=1S/C30H37N5O3/c1-4-27(36)34-16-6-5-11-23(20-34)35-28-25(12-8-13-26(28)38-24-14-17-33(3)18-15-24)31-30(35)32-29(37)22-10-7-9-21(2)19-22/h4,7-10,12-13,19,23-24H,1,5-6,11,14-18,20H2,2-3H3,(H,31,32,37)/t23-/m1/s1. The van der Waals surface area contributed by atoms with Gasteiger partial charge in [-0.3, -0.25) is 14.9 Å². The van der Waals surface area contributed by atoms with Crippen LogP contribution in [0.5, 0.6) is 5.75 Å². The van der Waals surface area contributed by atoms with E-state index in [0.29, 0.717) is 24.6 Å². The normalized spacial score (nSPS) is 19.2. The molecule has 1 atom stereocenters. The molecule has 8 nitrogen and oxygen atoms in total. The number of fused-ring (bicyclic) bond motifs is 1. The van der Waals surface area contributed by atoms with Crippen LogP contribution in [-0.2, 0) is 4.79 Å². The second-order valence-electron chi connectivity index (χ2n) is 10.5. The number of para-hydroxylation sites is 1. The van der Waals surface area contributed by atoms with Gasteiger partial charge in [0.1, 0.15) is 17.4 Å². The van der Waals surface area contributed by atoms with Crippen LogP contribution in [0.15, 0.2) is 55.1 Å². The summed E-state index contributed by atoms with van der Waals surface area (Å²) in [4.78, 5) is 35.0. The molecule has 3 heterocycles. The first-order chi connectivity index (χ1) is 18.4. The summed E-state index contributed by atoms with van der Waals surface area (Å²) in [5.41, 5.74) is 3.22. The van der Waals surface area contributed by atoms with Crippen molar-refractivity contribution >= 4 is 28.8 Å². The Balaban J connectivity index is 1.56. The van der Waals surface area contributed by atoms with E-state index in [2.05, 4.69) is 28.4 Å². The Labute approximate surface area is 224 Å². The van der Waals surface area contributed by atoms with Crippen LogP contribution in [0.1, 0.15) is 54.1 Å². The summed E-state index contributed by atoms with van der Waals surface area (Å²) >= 11 is 0. The van der Waals surface area contributed by atoms with Gasteiger partial charge in [-0.2, -0.15) is 0 Å². The zero-order valence-electron chi connectivity index (χ0n) is 22.4. The minimum atomic E-state index is -0.212. The Bertz CT molecular complexity index is 1320. The van der Waals surface area contributed by atoms with Crippen molar-refractivity contribution in [2.45, 2.75) is 51.2 Å². The second kappa shape index (κ2) is 11.4. The van der Waals surface area contributed by atoms with Crippen molar-refractivity contribution in [2.75, 3.05) is 38.5 Å². The maximum Gasteiger partial charge on any atom is 0.257 e. The van der Waals surface area contributed by atoms with Crippen molar-refractivity contribution in [1.29, 1.82) is 0 Å². The van der Waals surface area contributed by atoms with Crippen molar-refractivity contribution < 1.29 is 14.3 Å². The summed E-state index contributed by atoms with van der Waals surface area (Å²) in [6, 6.07) is 13.4. The number of ether oxygens (including phenoxy) is 1.